The first kappa shape index (κ1) is 24.3. The van der Waals surface area contributed by atoms with Gasteiger partial charge in [0.15, 0.2) is 0 Å². The molecule has 0 saturated carbocycles. The molecule has 35 heavy (non-hydrogen) atoms. The number of benzene rings is 2. The van der Waals surface area contributed by atoms with Crippen LogP contribution in [0.15, 0.2) is 66.9 Å². The molecule has 0 unspecified atom stereocenters. The van der Waals surface area contributed by atoms with Crippen LogP contribution in [0.3, 0.4) is 0 Å². The number of aromatic nitrogens is 1. The molecule has 182 valence electrons. The van der Waals surface area contributed by atoms with E-state index in [0.717, 1.165) is 17.7 Å². The molecule has 1 aliphatic heterocycles. The van der Waals surface area contributed by atoms with Crippen molar-refractivity contribution in [1.82, 2.24) is 15.2 Å². The number of carbonyl (C=O) groups excluding carboxylic acids is 2. The maximum Gasteiger partial charge on any atom is 0.416 e. The second-order valence-corrected chi connectivity index (χ2v) is 8.46. The summed E-state index contributed by atoms with van der Waals surface area (Å²) in [6.45, 7) is 2.76. The SMILES string of the molecule is Cc1ccccc1C(=O)NC1CCN(C(=O)c2cccnc2Nc2cccc(C(F)(F)F)c2)CC1. The molecule has 2 aromatic carbocycles. The van der Waals surface area contributed by atoms with Gasteiger partial charge in [-0.1, -0.05) is 24.3 Å². The number of rotatable bonds is 5. The van der Waals surface area contributed by atoms with Crippen LogP contribution in [0.1, 0.15) is 44.7 Å². The monoisotopic (exact) mass is 482 g/mol. The van der Waals surface area contributed by atoms with E-state index < -0.39 is 11.7 Å². The summed E-state index contributed by atoms with van der Waals surface area (Å²) < 4.78 is 39.2. The molecule has 0 atom stereocenters. The summed E-state index contributed by atoms with van der Waals surface area (Å²) in [4.78, 5) is 31.7. The fourth-order valence-corrected chi connectivity index (χ4v) is 4.08. The highest BCUT2D eigenvalue weighted by Crippen LogP contribution is 2.31. The van der Waals surface area contributed by atoms with Crippen molar-refractivity contribution in [1.29, 1.82) is 0 Å². The van der Waals surface area contributed by atoms with Gasteiger partial charge in [0.25, 0.3) is 11.8 Å². The van der Waals surface area contributed by atoms with Gasteiger partial charge in [0, 0.05) is 36.6 Å². The molecule has 4 rings (SSSR count). The Morgan fingerprint density at radius 3 is 2.40 bits per heavy atom. The lowest BCUT2D eigenvalue weighted by atomic mass is 10.0. The molecule has 2 N–H and O–H groups in total. The van der Waals surface area contributed by atoms with Gasteiger partial charge in [0.1, 0.15) is 5.82 Å². The van der Waals surface area contributed by atoms with Crippen LogP contribution in [0.2, 0.25) is 0 Å². The van der Waals surface area contributed by atoms with Gasteiger partial charge in [0.05, 0.1) is 11.1 Å². The van der Waals surface area contributed by atoms with Gasteiger partial charge in [-0.25, -0.2) is 4.98 Å². The highest BCUT2D eigenvalue weighted by atomic mass is 19.4. The quantitative estimate of drug-likeness (QED) is 0.525. The molecule has 1 aliphatic rings. The van der Waals surface area contributed by atoms with Crippen LogP contribution in [-0.4, -0.2) is 40.8 Å². The fraction of sp³-hybridized carbons (Fsp3) is 0.269. The van der Waals surface area contributed by atoms with Gasteiger partial charge in [-0.05, 0) is 61.7 Å². The molecule has 0 bridgehead atoms. The Kier molecular flexibility index (Phi) is 7.04. The Labute approximate surface area is 201 Å². The summed E-state index contributed by atoms with van der Waals surface area (Å²) in [6.07, 6.45) is -1.81. The number of pyridine rings is 1. The van der Waals surface area contributed by atoms with E-state index in [1.165, 1.54) is 18.3 Å². The molecule has 0 spiro atoms. The van der Waals surface area contributed by atoms with E-state index in [1.54, 1.807) is 23.1 Å². The number of halogens is 3. The average Bonchev–Trinajstić information content (AvgIpc) is 2.84. The van der Waals surface area contributed by atoms with Crippen LogP contribution in [0, 0.1) is 6.92 Å². The number of hydrogen-bond acceptors (Lipinski definition) is 4. The number of nitrogens with zero attached hydrogens (tertiary/aromatic N) is 2. The van der Waals surface area contributed by atoms with Gasteiger partial charge in [-0.15, -0.1) is 0 Å². The maximum atomic E-state index is 13.2. The molecular weight excluding hydrogens is 457 g/mol. The second kappa shape index (κ2) is 10.2. The van der Waals surface area contributed by atoms with Crippen molar-refractivity contribution in [2.45, 2.75) is 32.0 Å². The van der Waals surface area contributed by atoms with Crippen molar-refractivity contribution in [3.8, 4) is 0 Å². The van der Waals surface area contributed by atoms with Crippen LogP contribution in [-0.2, 0) is 6.18 Å². The number of aryl methyl sites for hydroxylation is 1. The third-order valence-corrected chi connectivity index (χ3v) is 6.00. The van der Waals surface area contributed by atoms with Gasteiger partial charge in [0.2, 0.25) is 0 Å². The zero-order valence-electron chi connectivity index (χ0n) is 19.1. The van der Waals surface area contributed by atoms with Crippen molar-refractivity contribution in [3.63, 3.8) is 0 Å². The van der Waals surface area contributed by atoms with Crippen molar-refractivity contribution >= 4 is 23.3 Å². The molecule has 0 aliphatic carbocycles. The molecule has 0 radical (unpaired) electrons. The van der Waals surface area contributed by atoms with Gasteiger partial charge >= 0.3 is 6.18 Å². The zero-order chi connectivity index (χ0) is 25.0. The average molecular weight is 483 g/mol. The van der Waals surface area contributed by atoms with Crippen molar-refractivity contribution in [2.75, 3.05) is 18.4 Å². The molecule has 3 aromatic rings. The molecule has 2 amide bonds. The van der Waals surface area contributed by atoms with Crippen molar-refractivity contribution in [2.24, 2.45) is 0 Å². The number of anilines is 2. The summed E-state index contributed by atoms with van der Waals surface area (Å²) in [5.41, 5.74) is 1.19. The van der Waals surface area contributed by atoms with Crippen LogP contribution >= 0.6 is 0 Å². The number of carbonyl (C=O) groups is 2. The minimum Gasteiger partial charge on any atom is -0.349 e. The van der Waals surface area contributed by atoms with Crippen LogP contribution in [0.4, 0.5) is 24.7 Å². The highest BCUT2D eigenvalue weighted by Gasteiger charge is 2.31. The first-order valence-electron chi connectivity index (χ1n) is 11.3. The Hall–Kier alpha value is -3.88. The Balaban J connectivity index is 1.40. The number of nitrogens with one attached hydrogen (secondary N) is 2. The van der Waals surface area contributed by atoms with E-state index >= 15 is 0 Å². The summed E-state index contributed by atoms with van der Waals surface area (Å²) in [5, 5.41) is 5.89. The normalized spacial score (nSPS) is 14.5. The Bertz CT molecular complexity index is 1220. The van der Waals surface area contributed by atoms with Gasteiger partial charge < -0.3 is 15.5 Å². The molecule has 6 nitrogen and oxygen atoms in total. The molecule has 9 heteroatoms. The first-order chi connectivity index (χ1) is 16.7. The molecular formula is C26H25F3N4O2. The third kappa shape index (κ3) is 5.79. The molecule has 1 fully saturated rings. The fourth-order valence-electron chi connectivity index (χ4n) is 4.08. The highest BCUT2D eigenvalue weighted by molar-refractivity contribution is 5.99. The van der Waals surface area contributed by atoms with Gasteiger partial charge in [-0.3, -0.25) is 9.59 Å². The Morgan fingerprint density at radius 2 is 1.69 bits per heavy atom. The smallest absolute Gasteiger partial charge is 0.349 e. The first-order valence-corrected chi connectivity index (χ1v) is 11.3. The largest absolute Gasteiger partial charge is 0.416 e. The standard InChI is InChI=1S/C26H25F3N4O2/c1-17-6-2-3-9-21(17)24(34)32-19-11-14-33(15-12-19)25(35)22-10-5-13-30-23(22)31-20-8-4-7-18(16-20)26(27,28)29/h2-10,13,16,19H,11-12,14-15H2,1H3,(H,30,31)(H,32,34). The number of amides is 2. The minimum absolute atomic E-state index is 0.0530. The molecule has 1 saturated heterocycles. The third-order valence-electron chi connectivity index (χ3n) is 6.00. The predicted octanol–water partition coefficient (Wildman–Crippen LogP) is 5.19. The van der Waals surface area contributed by atoms with E-state index in [2.05, 4.69) is 15.6 Å². The molecule has 2 heterocycles. The molecule has 1 aromatic heterocycles. The maximum absolute atomic E-state index is 13.2. The van der Waals surface area contributed by atoms with Crippen molar-refractivity contribution in [3.05, 3.63) is 89.1 Å². The van der Waals surface area contributed by atoms with E-state index in [1.807, 2.05) is 25.1 Å². The van der Waals surface area contributed by atoms with E-state index in [-0.39, 0.29) is 34.9 Å². The summed E-state index contributed by atoms with van der Waals surface area (Å²) in [7, 11) is 0. The van der Waals surface area contributed by atoms with E-state index in [4.69, 9.17) is 0 Å². The van der Waals surface area contributed by atoms with Crippen LogP contribution in [0.5, 0.6) is 0 Å². The zero-order valence-corrected chi connectivity index (χ0v) is 19.1. The number of likely N-dealkylation sites (tertiary alicyclic amines) is 1. The van der Waals surface area contributed by atoms with Crippen LogP contribution < -0.4 is 10.6 Å². The number of alkyl halides is 3. The van der Waals surface area contributed by atoms with Gasteiger partial charge in [-0.2, -0.15) is 13.2 Å². The van der Waals surface area contributed by atoms with Crippen LogP contribution in [0.25, 0.3) is 0 Å². The lowest BCUT2D eigenvalue weighted by molar-refractivity contribution is -0.137. The lowest BCUT2D eigenvalue weighted by Crippen LogP contribution is -2.46. The second-order valence-electron chi connectivity index (χ2n) is 8.46. The van der Waals surface area contributed by atoms with Crippen molar-refractivity contribution < 1.29 is 22.8 Å². The number of hydrogen-bond donors (Lipinski definition) is 2. The summed E-state index contributed by atoms with van der Waals surface area (Å²) in [6, 6.07) is 15.3. The summed E-state index contributed by atoms with van der Waals surface area (Å²) >= 11 is 0. The predicted molar refractivity (Wildman–Crippen MR) is 127 cm³/mol. The number of piperidine rings is 1. The minimum atomic E-state index is -4.47. The Morgan fingerprint density at radius 1 is 0.971 bits per heavy atom. The lowest BCUT2D eigenvalue weighted by Gasteiger charge is -2.32. The summed E-state index contributed by atoms with van der Waals surface area (Å²) in [5.74, 6) is -0.212. The topological polar surface area (TPSA) is 74.3 Å². The van der Waals surface area contributed by atoms with E-state index in [9.17, 15) is 22.8 Å². The van der Waals surface area contributed by atoms with E-state index in [0.29, 0.717) is 31.5 Å².